The summed E-state index contributed by atoms with van der Waals surface area (Å²) in [5.41, 5.74) is 11.7. The first-order valence-electron chi connectivity index (χ1n) is 5.90. The average Bonchev–Trinajstić information content (AvgIpc) is 2.31. The first-order valence-corrected chi connectivity index (χ1v) is 5.90. The highest BCUT2D eigenvalue weighted by molar-refractivity contribution is 5.96. The van der Waals surface area contributed by atoms with Gasteiger partial charge in [0, 0.05) is 5.69 Å². The number of hydrogen-bond acceptors (Lipinski definition) is 3. The fourth-order valence-electron chi connectivity index (χ4n) is 1.60. The van der Waals surface area contributed by atoms with Gasteiger partial charge < -0.3 is 16.2 Å². The number of hydrogen-bond donors (Lipinski definition) is 2. The van der Waals surface area contributed by atoms with Crippen LogP contribution in [0.25, 0.3) is 0 Å². The molecular formula is C13H20N2O2. The Kier molecular flexibility index (Phi) is 4.82. The van der Waals surface area contributed by atoms with Crippen LogP contribution in [0.3, 0.4) is 0 Å². The molecule has 0 unspecified atom stereocenters. The number of nitrogen functional groups attached to an aromatic ring is 1. The Morgan fingerprint density at radius 1 is 1.35 bits per heavy atom. The summed E-state index contributed by atoms with van der Waals surface area (Å²) in [5, 5.41) is 0. The van der Waals surface area contributed by atoms with Gasteiger partial charge in [-0.3, -0.25) is 4.79 Å². The fourth-order valence-corrected chi connectivity index (χ4v) is 1.60. The summed E-state index contributed by atoms with van der Waals surface area (Å²) in [6.45, 7) is 4.84. The quantitative estimate of drug-likeness (QED) is 0.743. The van der Waals surface area contributed by atoms with Crippen LogP contribution in [-0.2, 0) is 0 Å². The van der Waals surface area contributed by atoms with E-state index in [1.165, 1.54) is 0 Å². The molecule has 0 aliphatic rings. The Labute approximate surface area is 102 Å². The van der Waals surface area contributed by atoms with Gasteiger partial charge in [0.05, 0.1) is 12.2 Å². The lowest BCUT2D eigenvalue weighted by Gasteiger charge is -2.15. The van der Waals surface area contributed by atoms with Crippen LogP contribution in [0, 0.1) is 5.92 Å². The smallest absolute Gasteiger partial charge is 0.252 e. The molecule has 0 saturated heterocycles. The molecule has 1 rings (SSSR count). The van der Waals surface area contributed by atoms with Gasteiger partial charge in [0.2, 0.25) is 0 Å². The van der Waals surface area contributed by atoms with Gasteiger partial charge in [-0.05, 0) is 24.1 Å². The van der Waals surface area contributed by atoms with Crippen LogP contribution in [0.4, 0.5) is 5.69 Å². The lowest BCUT2D eigenvalue weighted by atomic mass is 10.1. The SMILES string of the molecule is CCC(CC)COc1ccc(N)cc1C(N)=O. The van der Waals surface area contributed by atoms with Crippen LogP contribution in [0.5, 0.6) is 5.75 Å². The van der Waals surface area contributed by atoms with Crippen molar-refractivity contribution in [2.24, 2.45) is 11.7 Å². The first kappa shape index (κ1) is 13.4. The standard InChI is InChI=1S/C13H20N2O2/c1-3-9(4-2)8-17-12-6-5-10(14)7-11(12)13(15)16/h5-7,9H,3-4,8,14H2,1-2H3,(H2,15,16). The number of nitrogens with two attached hydrogens (primary N) is 2. The molecule has 1 aromatic carbocycles. The van der Waals surface area contributed by atoms with Gasteiger partial charge in [-0.2, -0.15) is 0 Å². The average molecular weight is 236 g/mol. The molecule has 0 aliphatic carbocycles. The molecule has 0 bridgehead atoms. The van der Waals surface area contributed by atoms with Crippen LogP contribution in [0.1, 0.15) is 37.0 Å². The minimum absolute atomic E-state index is 0.343. The van der Waals surface area contributed by atoms with Crippen molar-refractivity contribution in [2.45, 2.75) is 26.7 Å². The van der Waals surface area contributed by atoms with Gasteiger partial charge in [-0.1, -0.05) is 26.7 Å². The minimum atomic E-state index is -0.517. The molecule has 4 N–H and O–H groups in total. The summed E-state index contributed by atoms with van der Waals surface area (Å²) in [4.78, 5) is 11.2. The van der Waals surface area contributed by atoms with Crippen molar-refractivity contribution >= 4 is 11.6 Å². The number of carbonyl (C=O) groups excluding carboxylic acids is 1. The maximum atomic E-state index is 11.2. The lowest BCUT2D eigenvalue weighted by Crippen LogP contribution is -2.16. The van der Waals surface area contributed by atoms with Crippen molar-refractivity contribution in [3.63, 3.8) is 0 Å². The lowest BCUT2D eigenvalue weighted by molar-refractivity contribution is 0.0995. The molecule has 0 saturated carbocycles. The highest BCUT2D eigenvalue weighted by atomic mass is 16.5. The second-order valence-electron chi connectivity index (χ2n) is 4.11. The molecule has 0 heterocycles. The van der Waals surface area contributed by atoms with Crippen molar-refractivity contribution in [3.05, 3.63) is 23.8 Å². The molecule has 4 nitrogen and oxygen atoms in total. The van der Waals surface area contributed by atoms with Gasteiger partial charge >= 0.3 is 0 Å². The Hall–Kier alpha value is -1.71. The number of ether oxygens (including phenoxy) is 1. The third kappa shape index (κ3) is 3.66. The van der Waals surface area contributed by atoms with E-state index in [1.54, 1.807) is 18.2 Å². The van der Waals surface area contributed by atoms with E-state index in [0.717, 1.165) is 12.8 Å². The minimum Gasteiger partial charge on any atom is -0.492 e. The Morgan fingerprint density at radius 3 is 2.53 bits per heavy atom. The van der Waals surface area contributed by atoms with Crippen LogP contribution in [0.2, 0.25) is 0 Å². The molecule has 1 aromatic rings. The normalized spacial score (nSPS) is 10.5. The van der Waals surface area contributed by atoms with E-state index in [1.807, 2.05) is 0 Å². The molecule has 1 amide bonds. The zero-order chi connectivity index (χ0) is 12.8. The molecule has 0 spiro atoms. The van der Waals surface area contributed by atoms with Crippen molar-refractivity contribution in [3.8, 4) is 5.75 Å². The van der Waals surface area contributed by atoms with E-state index in [9.17, 15) is 4.79 Å². The van der Waals surface area contributed by atoms with Crippen LogP contribution >= 0.6 is 0 Å². The first-order chi connectivity index (χ1) is 8.08. The topological polar surface area (TPSA) is 78.3 Å². The second kappa shape index (κ2) is 6.13. The molecule has 0 aliphatic heterocycles. The second-order valence-corrected chi connectivity index (χ2v) is 4.11. The van der Waals surface area contributed by atoms with Gasteiger partial charge in [0.1, 0.15) is 5.75 Å². The summed E-state index contributed by atoms with van der Waals surface area (Å²) < 4.78 is 5.64. The van der Waals surface area contributed by atoms with E-state index in [-0.39, 0.29) is 0 Å². The van der Waals surface area contributed by atoms with E-state index >= 15 is 0 Å². The number of anilines is 1. The third-order valence-electron chi connectivity index (χ3n) is 2.90. The van der Waals surface area contributed by atoms with E-state index in [0.29, 0.717) is 29.5 Å². The summed E-state index contributed by atoms with van der Waals surface area (Å²) in [6.07, 6.45) is 2.11. The largest absolute Gasteiger partial charge is 0.492 e. The van der Waals surface area contributed by atoms with Gasteiger partial charge in [0.15, 0.2) is 0 Å². The monoisotopic (exact) mass is 236 g/mol. The van der Waals surface area contributed by atoms with E-state index in [2.05, 4.69) is 13.8 Å². The summed E-state index contributed by atoms with van der Waals surface area (Å²) in [6, 6.07) is 4.94. The molecule has 0 radical (unpaired) electrons. The molecule has 17 heavy (non-hydrogen) atoms. The van der Waals surface area contributed by atoms with Crippen molar-refractivity contribution in [2.75, 3.05) is 12.3 Å². The third-order valence-corrected chi connectivity index (χ3v) is 2.90. The predicted octanol–water partition coefficient (Wildman–Crippen LogP) is 2.18. The van der Waals surface area contributed by atoms with Gasteiger partial charge in [0.25, 0.3) is 5.91 Å². The van der Waals surface area contributed by atoms with Crippen molar-refractivity contribution in [1.82, 2.24) is 0 Å². The van der Waals surface area contributed by atoms with Crippen LogP contribution < -0.4 is 16.2 Å². The number of primary amides is 1. The van der Waals surface area contributed by atoms with Crippen molar-refractivity contribution in [1.29, 1.82) is 0 Å². The zero-order valence-electron chi connectivity index (χ0n) is 10.4. The summed E-state index contributed by atoms with van der Waals surface area (Å²) >= 11 is 0. The molecule has 0 aromatic heterocycles. The summed E-state index contributed by atoms with van der Waals surface area (Å²) in [7, 11) is 0. The van der Waals surface area contributed by atoms with Crippen LogP contribution in [0.15, 0.2) is 18.2 Å². The Balaban J connectivity index is 2.80. The highest BCUT2D eigenvalue weighted by Crippen LogP contribution is 2.22. The van der Waals surface area contributed by atoms with E-state index < -0.39 is 5.91 Å². The molecule has 94 valence electrons. The molecule has 0 atom stereocenters. The molecule has 0 fully saturated rings. The highest BCUT2D eigenvalue weighted by Gasteiger charge is 2.11. The van der Waals surface area contributed by atoms with Gasteiger partial charge in [-0.15, -0.1) is 0 Å². The fraction of sp³-hybridized carbons (Fsp3) is 0.462. The molecular weight excluding hydrogens is 216 g/mol. The van der Waals surface area contributed by atoms with Gasteiger partial charge in [-0.25, -0.2) is 0 Å². The van der Waals surface area contributed by atoms with E-state index in [4.69, 9.17) is 16.2 Å². The number of amides is 1. The Bertz CT molecular complexity index is 387. The van der Waals surface area contributed by atoms with Crippen LogP contribution in [-0.4, -0.2) is 12.5 Å². The number of rotatable bonds is 6. The summed E-state index contributed by atoms with van der Waals surface area (Å²) in [5.74, 6) is 0.490. The van der Waals surface area contributed by atoms with Crippen molar-refractivity contribution < 1.29 is 9.53 Å². The Morgan fingerprint density at radius 2 is 2.00 bits per heavy atom. The maximum Gasteiger partial charge on any atom is 0.252 e. The molecule has 4 heteroatoms. The number of benzene rings is 1. The zero-order valence-corrected chi connectivity index (χ0v) is 10.4. The predicted molar refractivity (Wildman–Crippen MR) is 68.9 cm³/mol. The maximum absolute atomic E-state index is 11.2. The number of carbonyl (C=O) groups is 1.